The molecular formula is C23H24FN5O4. The zero-order chi connectivity index (χ0) is 23.5. The van der Waals surface area contributed by atoms with E-state index in [4.69, 9.17) is 0 Å². The van der Waals surface area contributed by atoms with Gasteiger partial charge in [-0.1, -0.05) is 6.92 Å². The van der Waals surface area contributed by atoms with Gasteiger partial charge in [0, 0.05) is 37.4 Å². The molecule has 0 bridgehead atoms. The second-order valence-electron chi connectivity index (χ2n) is 8.05. The van der Waals surface area contributed by atoms with Crippen molar-refractivity contribution in [1.29, 1.82) is 0 Å². The molecule has 2 N–H and O–H groups in total. The minimum atomic E-state index is -0.577. The van der Waals surface area contributed by atoms with E-state index in [1.807, 2.05) is 6.92 Å². The van der Waals surface area contributed by atoms with Crippen LogP contribution in [0.2, 0.25) is 0 Å². The number of H-pyrrole nitrogens is 1. The summed E-state index contributed by atoms with van der Waals surface area (Å²) in [4.78, 5) is 57.9. The Labute approximate surface area is 188 Å². The van der Waals surface area contributed by atoms with E-state index < -0.39 is 17.1 Å². The maximum atomic E-state index is 13.0. The van der Waals surface area contributed by atoms with E-state index in [1.54, 1.807) is 4.90 Å². The van der Waals surface area contributed by atoms with Crippen molar-refractivity contribution in [3.8, 4) is 0 Å². The number of benzene rings is 1. The van der Waals surface area contributed by atoms with Crippen molar-refractivity contribution < 1.29 is 14.0 Å². The maximum absolute atomic E-state index is 13.0. The van der Waals surface area contributed by atoms with Gasteiger partial charge >= 0.3 is 5.69 Å². The monoisotopic (exact) mass is 453 g/mol. The topological polar surface area (TPSA) is 117 Å². The Morgan fingerprint density at radius 1 is 1.15 bits per heavy atom. The summed E-state index contributed by atoms with van der Waals surface area (Å²) in [5, 5.41) is 3.11. The number of nitrogens with zero attached hydrogens (tertiary/aromatic N) is 3. The summed E-state index contributed by atoms with van der Waals surface area (Å²) >= 11 is 0. The maximum Gasteiger partial charge on any atom is 0.329 e. The van der Waals surface area contributed by atoms with Crippen molar-refractivity contribution in [1.82, 2.24) is 24.8 Å². The van der Waals surface area contributed by atoms with Crippen LogP contribution in [0.25, 0.3) is 11.0 Å². The molecule has 10 heteroatoms. The molecule has 3 heterocycles. The normalized spacial score (nSPS) is 14.4. The van der Waals surface area contributed by atoms with E-state index in [9.17, 15) is 23.6 Å². The van der Waals surface area contributed by atoms with Crippen LogP contribution in [0.1, 0.15) is 46.9 Å². The summed E-state index contributed by atoms with van der Waals surface area (Å²) in [6.07, 6.45) is 3.21. The number of carbonyl (C=O) groups is 2. The number of halogens is 1. The lowest BCUT2D eigenvalue weighted by atomic mass is 10.0. The van der Waals surface area contributed by atoms with Crippen LogP contribution in [-0.2, 0) is 6.54 Å². The lowest BCUT2D eigenvalue weighted by Crippen LogP contribution is -2.46. The lowest BCUT2D eigenvalue weighted by molar-refractivity contribution is 0.0698. The molecule has 0 radical (unpaired) electrons. The molecule has 0 atom stereocenters. The fraction of sp³-hybridized carbons (Fsp3) is 0.348. The lowest BCUT2D eigenvalue weighted by Gasteiger charge is -2.32. The van der Waals surface area contributed by atoms with Gasteiger partial charge in [-0.2, -0.15) is 0 Å². The number of pyridine rings is 1. The summed E-state index contributed by atoms with van der Waals surface area (Å²) < 4.78 is 14.4. The molecule has 1 saturated heterocycles. The predicted octanol–water partition coefficient (Wildman–Crippen LogP) is 1.67. The molecule has 1 aliphatic rings. The van der Waals surface area contributed by atoms with Gasteiger partial charge in [0.05, 0.1) is 10.9 Å². The first-order chi connectivity index (χ1) is 15.9. The standard InChI is InChI=1S/C23H24FN5O4/c1-2-9-29-19-18(21(31)27-23(29)33)12-15(13-25-19)22(32)28-10-7-17(8-11-28)26-20(30)14-3-5-16(24)6-4-14/h3-6,12-13,17H,2,7-11H2,1H3,(H,26,30)(H,27,31,33). The molecular weight excluding hydrogens is 429 g/mol. The molecule has 1 fully saturated rings. The smallest absolute Gasteiger partial charge is 0.329 e. The fourth-order valence-electron chi connectivity index (χ4n) is 4.00. The van der Waals surface area contributed by atoms with Crippen molar-refractivity contribution in [2.24, 2.45) is 0 Å². The van der Waals surface area contributed by atoms with E-state index >= 15 is 0 Å². The number of piperidine rings is 1. The van der Waals surface area contributed by atoms with Gasteiger partial charge in [0.1, 0.15) is 11.5 Å². The van der Waals surface area contributed by atoms with Crippen LogP contribution in [0, 0.1) is 5.82 Å². The molecule has 3 aromatic rings. The largest absolute Gasteiger partial charge is 0.349 e. The molecule has 0 aliphatic carbocycles. The Morgan fingerprint density at radius 2 is 1.85 bits per heavy atom. The third-order valence-corrected chi connectivity index (χ3v) is 5.75. The molecule has 0 spiro atoms. The minimum absolute atomic E-state index is 0.104. The number of aromatic amines is 1. The molecule has 1 aromatic carbocycles. The zero-order valence-electron chi connectivity index (χ0n) is 18.1. The molecule has 0 saturated carbocycles. The van der Waals surface area contributed by atoms with Gasteiger partial charge in [-0.15, -0.1) is 0 Å². The average molecular weight is 453 g/mol. The third-order valence-electron chi connectivity index (χ3n) is 5.75. The first-order valence-electron chi connectivity index (χ1n) is 10.9. The highest BCUT2D eigenvalue weighted by Gasteiger charge is 2.25. The molecule has 1 aliphatic heterocycles. The zero-order valence-corrected chi connectivity index (χ0v) is 18.1. The van der Waals surface area contributed by atoms with Crippen LogP contribution in [0.4, 0.5) is 4.39 Å². The Hall–Kier alpha value is -3.82. The molecule has 4 rings (SSSR count). The van der Waals surface area contributed by atoms with Crippen molar-refractivity contribution in [2.45, 2.75) is 38.8 Å². The highest BCUT2D eigenvalue weighted by molar-refractivity contribution is 5.97. The van der Waals surface area contributed by atoms with Gasteiger partial charge in [0.15, 0.2) is 0 Å². The van der Waals surface area contributed by atoms with E-state index in [1.165, 1.54) is 41.1 Å². The van der Waals surface area contributed by atoms with Gasteiger partial charge < -0.3 is 10.2 Å². The predicted molar refractivity (Wildman–Crippen MR) is 120 cm³/mol. The van der Waals surface area contributed by atoms with Crippen LogP contribution in [0.15, 0.2) is 46.1 Å². The second kappa shape index (κ2) is 9.35. The summed E-state index contributed by atoms with van der Waals surface area (Å²) in [6.45, 7) is 3.17. The number of hydrogen-bond acceptors (Lipinski definition) is 5. The summed E-state index contributed by atoms with van der Waals surface area (Å²) in [6, 6.07) is 6.70. The SMILES string of the molecule is CCCn1c(=O)[nH]c(=O)c2cc(C(=O)N3CCC(NC(=O)c4ccc(F)cc4)CC3)cnc21. The highest BCUT2D eigenvalue weighted by Crippen LogP contribution is 2.16. The van der Waals surface area contributed by atoms with Crippen molar-refractivity contribution >= 4 is 22.8 Å². The van der Waals surface area contributed by atoms with Gasteiger partial charge in [0.2, 0.25) is 0 Å². The molecule has 33 heavy (non-hydrogen) atoms. The molecule has 172 valence electrons. The number of likely N-dealkylation sites (tertiary alicyclic amines) is 1. The van der Waals surface area contributed by atoms with Gasteiger partial charge in [-0.05, 0) is 49.6 Å². The molecule has 9 nitrogen and oxygen atoms in total. The number of carbonyl (C=O) groups excluding carboxylic acids is 2. The quantitative estimate of drug-likeness (QED) is 0.610. The number of fused-ring (bicyclic) bond motifs is 1. The number of rotatable bonds is 5. The molecule has 2 aromatic heterocycles. The van der Waals surface area contributed by atoms with Crippen LogP contribution in [0.3, 0.4) is 0 Å². The fourth-order valence-corrected chi connectivity index (χ4v) is 4.00. The van der Waals surface area contributed by atoms with Crippen molar-refractivity contribution in [3.05, 3.63) is 74.3 Å². The van der Waals surface area contributed by atoms with Gasteiger partial charge in [-0.3, -0.25) is 23.9 Å². The Kier molecular flexibility index (Phi) is 6.34. The highest BCUT2D eigenvalue weighted by atomic mass is 19.1. The van der Waals surface area contributed by atoms with Crippen LogP contribution in [0.5, 0.6) is 0 Å². The van der Waals surface area contributed by atoms with Crippen molar-refractivity contribution in [3.63, 3.8) is 0 Å². The van der Waals surface area contributed by atoms with E-state index in [-0.39, 0.29) is 34.5 Å². The molecule has 0 unspecified atom stereocenters. The van der Waals surface area contributed by atoms with Gasteiger partial charge in [0.25, 0.3) is 17.4 Å². The number of nitrogens with one attached hydrogen (secondary N) is 2. The average Bonchev–Trinajstić information content (AvgIpc) is 2.82. The number of aryl methyl sites for hydroxylation is 1. The van der Waals surface area contributed by atoms with E-state index in [2.05, 4.69) is 15.3 Å². The first kappa shape index (κ1) is 22.4. The van der Waals surface area contributed by atoms with E-state index in [0.29, 0.717) is 44.5 Å². The number of aromatic nitrogens is 3. The number of amides is 2. The number of hydrogen-bond donors (Lipinski definition) is 2. The Bertz CT molecular complexity index is 1310. The van der Waals surface area contributed by atoms with Crippen LogP contribution in [-0.4, -0.2) is 50.4 Å². The molecule has 2 amide bonds. The van der Waals surface area contributed by atoms with Gasteiger partial charge in [-0.25, -0.2) is 14.2 Å². The first-order valence-corrected chi connectivity index (χ1v) is 10.9. The van der Waals surface area contributed by atoms with E-state index in [0.717, 1.165) is 0 Å². The van der Waals surface area contributed by atoms with Crippen molar-refractivity contribution in [2.75, 3.05) is 13.1 Å². The minimum Gasteiger partial charge on any atom is -0.349 e. The summed E-state index contributed by atoms with van der Waals surface area (Å²) in [7, 11) is 0. The summed E-state index contributed by atoms with van der Waals surface area (Å²) in [5.74, 6) is -0.951. The third kappa shape index (κ3) is 4.69. The summed E-state index contributed by atoms with van der Waals surface area (Å²) in [5.41, 5.74) is -0.200. The van der Waals surface area contributed by atoms with Crippen LogP contribution >= 0.6 is 0 Å². The Balaban J connectivity index is 1.44. The second-order valence-corrected chi connectivity index (χ2v) is 8.05. The Morgan fingerprint density at radius 3 is 2.52 bits per heavy atom. The van der Waals surface area contributed by atoms with Crippen LogP contribution < -0.4 is 16.6 Å².